The van der Waals surface area contributed by atoms with E-state index in [4.69, 9.17) is 5.26 Å². The van der Waals surface area contributed by atoms with Crippen molar-refractivity contribution in [1.29, 1.82) is 5.26 Å². The standard InChI is InChI=1S/C14H11N3O3S/c1-10(18)11-4-6-12(7-5-11)17-21(19,20)14-3-2-8-16-13(14)9-15/h2-8,17H,1H3. The molecule has 0 aliphatic rings. The van der Waals surface area contributed by atoms with Crippen LogP contribution in [0.3, 0.4) is 0 Å². The van der Waals surface area contributed by atoms with Gasteiger partial charge in [0.2, 0.25) is 0 Å². The number of Topliss-reactive ketones (excluding diaryl/α,β-unsaturated/α-hetero) is 1. The van der Waals surface area contributed by atoms with Crippen LogP contribution in [0, 0.1) is 11.3 Å². The summed E-state index contributed by atoms with van der Waals surface area (Å²) < 4.78 is 26.8. The minimum absolute atomic E-state index is 0.108. The Bertz CT molecular complexity index is 821. The first-order valence-corrected chi connectivity index (χ1v) is 7.41. The van der Waals surface area contributed by atoms with E-state index >= 15 is 0 Å². The van der Waals surface area contributed by atoms with Gasteiger partial charge in [-0.3, -0.25) is 9.52 Å². The number of carbonyl (C=O) groups is 1. The number of pyridine rings is 1. The van der Waals surface area contributed by atoms with Crippen molar-refractivity contribution in [3.05, 3.63) is 53.9 Å². The number of hydrogen-bond acceptors (Lipinski definition) is 5. The van der Waals surface area contributed by atoms with Crippen LogP contribution in [-0.2, 0) is 10.0 Å². The molecular formula is C14H11N3O3S. The van der Waals surface area contributed by atoms with Crippen molar-refractivity contribution in [2.45, 2.75) is 11.8 Å². The van der Waals surface area contributed by atoms with Gasteiger partial charge in [0.15, 0.2) is 11.5 Å². The lowest BCUT2D eigenvalue weighted by atomic mass is 10.1. The van der Waals surface area contributed by atoms with Crippen LogP contribution >= 0.6 is 0 Å². The monoisotopic (exact) mass is 301 g/mol. The van der Waals surface area contributed by atoms with Gasteiger partial charge in [0.25, 0.3) is 10.0 Å². The number of carbonyl (C=O) groups excluding carboxylic acids is 1. The molecule has 1 N–H and O–H groups in total. The number of sulfonamides is 1. The summed E-state index contributed by atoms with van der Waals surface area (Å²) in [5, 5.41) is 8.90. The van der Waals surface area contributed by atoms with E-state index in [2.05, 4.69) is 9.71 Å². The lowest BCUT2D eigenvalue weighted by Gasteiger charge is -2.09. The summed E-state index contributed by atoms with van der Waals surface area (Å²) in [7, 11) is -3.91. The van der Waals surface area contributed by atoms with Gasteiger partial charge < -0.3 is 0 Å². The molecule has 2 aromatic rings. The first-order chi connectivity index (χ1) is 9.94. The van der Waals surface area contributed by atoms with E-state index in [1.807, 2.05) is 0 Å². The van der Waals surface area contributed by atoms with Crippen LogP contribution in [0.4, 0.5) is 5.69 Å². The van der Waals surface area contributed by atoms with Gasteiger partial charge in [0.1, 0.15) is 11.0 Å². The molecule has 1 heterocycles. The summed E-state index contributed by atoms with van der Waals surface area (Å²) in [4.78, 5) is 14.7. The topological polar surface area (TPSA) is 99.9 Å². The minimum Gasteiger partial charge on any atom is -0.295 e. The highest BCUT2D eigenvalue weighted by molar-refractivity contribution is 7.92. The van der Waals surface area contributed by atoms with Crippen molar-refractivity contribution in [2.75, 3.05) is 4.72 Å². The number of aromatic nitrogens is 1. The molecule has 0 saturated carbocycles. The van der Waals surface area contributed by atoms with E-state index < -0.39 is 10.0 Å². The molecule has 0 fully saturated rings. The van der Waals surface area contributed by atoms with Crippen molar-refractivity contribution in [1.82, 2.24) is 4.98 Å². The molecule has 0 unspecified atom stereocenters. The zero-order valence-corrected chi connectivity index (χ0v) is 11.9. The maximum Gasteiger partial charge on any atom is 0.264 e. The first-order valence-electron chi connectivity index (χ1n) is 5.93. The van der Waals surface area contributed by atoms with Gasteiger partial charge >= 0.3 is 0 Å². The smallest absolute Gasteiger partial charge is 0.264 e. The fourth-order valence-electron chi connectivity index (χ4n) is 1.67. The molecule has 7 heteroatoms. The normalized spacial score (nSPS) is 10.7. The highest BCUT2D eigenvalue weighted by Crippen LogP contribution is 2.18. The number of hydrogen-bond donors (Lipinski definition) is 1. The van der Waals surface area contributed by atoms with Crippen molar-refractivity contribution in [2.24, 2.45) is 0 Å². The predicted octanol–water partition coefficient (Wildman–Crippen LogP) is 1.96. The summed E-state index contributed by atoms with van der Waals surface area (Å²) in [6.45, 7) is 1.42. The van der Waals surface area contributed by atoms with Gasteiger partial charge in [-0.05, 0) is 43.3 Å². The maximum atomic E-state index is 12.2. The molecular weight excluding hydrogens is 290 g/mol. The summed E-state index contributed by atoms with van der Waals surface area (Å²) in [6, 6.07) is 10.5. The molecule has 1 aromatic heterocycles. The van der Waals surface area contributed by atoms with Crippen LogP contribution < -0.4 is 4.72 Å². The zero-order chi connectivity index (χ0) is 15.5. The molecule has 106 valence electrons. The van der Waals surface area contributed by atoms with E-state index in [1.54, 1.807) is 6.07 Å². The number of nitrogens with zero attached hydrogens (tertiary/aromatic N) is 2. The van der Waals surface area contributed by atoms with Gasteiger partial charge in [-0.25, -0.2) is 13.4 Å². The molecule has 0 radical (unpaired) electrons. The third kappa shape index (κ3) is 3.24. The van der Waals surface area contributed by atoms with E-state index in [9.17, 15) is 13.2 Å². The second kappa shape index (κ2) is 5.73. The van der Waals surface area contributed by atoms with E-state index in [0.717, 1.165) is 0 Å². The second-order valence-corrected chi connectivity index (χ2v) is 5.85. The molecule has 0 atom stereocenters. The third-order valence-corrected chi connectivity index (χ3v) is 4.12. The van der Waals surface area contributed by atoms with Crippen LogP contribution in [0.1, 0.15) is 23.0 Å². The second-order valence-electron chi connectivity index (χ2n) is 4.20. The van der Waals surface area contributed by atoms with Crippen LogP contribution in [0.5, 0.6) is 0 Å². The Morgan fingerprint density at radius 1 is 1.24 bits per heavy atom. The summed E-state index contributed by atoms with van der Waals surface area (Å²) in [6.07, 6.45) is 1.35. The number of benzene rings is 1. The quantitative estimate of drug-likeness (QED) is 0.870. The Morgan fingerprint density at radius 2 is 1.90 bits per heavy atom. The van der Waals surface area contributed by atoms with E-state index in [1.165, 1.54) is 49.5 Å². The van der Waals surface area contributed by atoms with Gasteiger partial charge in [0, 0.05) is 17.4 Å². The largest absolute Gasteiger partial charge is 0.295 e. The van der Waals surface area contributed by atoms with Crippen LogP contribution in [0.25, 0.3) is 0 Å². The molecule has 0 aliphatic carbocycles. The number of nitriles is 1. The molecule has 0 bridgehead atoms. The van der Waals surface area contributed by atoms with E-state index in [-0.39, 0.29) is 16.4 Å². The van der Waals surface area contributed by atoms with Gasteiger partial charge in [-0.1, -0.05) is 0 Å². The Morgan fingerprint density at radius 3 is 2.48 bits per heavy atom. The predicted molar refractivity (Wildman–Crippen MR) is 76.2 cm³/mol. The molecule has 0 saturated heterocycles. The lowest BCUT2D eigenvalue weighted by molar-refractivity contribution is 0.101. The summed E-state index contributed by atoms with van der Waals surface area (Å²) in [5.74, 6) is -0.108. The highest BCUT2D eigenvalue weighted by Gasteiger charge is 2.19. The average Bonchev–Trinajstić information content (AvgIpc) is 2.47. The summed E-state index contributed by atoms with van der Waals surface area (Å²) in [5.41, 5.74) is 0.607. The van der Waals surface area contributed by atoms with Crippen molar-refractivity contribution < 1.29 is 13.2 Å². The fraction of sp³-hybridized carbons (Fsp3) is 0.0714. The minimum atomic E-state index is -3.91. The molecule has 1 aromatic carbocycles. The molecule has 0 amide bonds. The first kappa shape index (κ1) is 14.7. The van der Waals surface area contributed by atoms with E-state index in [0.29, 0.717) is 11.3 Å². The number of anilines is 1. The Balaban J connectivity index is 2.34. The third-order valence-electron chi connectivity index (χ3n) is 2.71. The maximum absolute atomic E-state index is 12.2. The number of rotatable bonds is 4. The van der Waals surface area contributed by atoms with Crippen molar-refractivity contribution in [3.63, 3.8) is 0 Å². The van der Waals surface area contributed by atoms with Crippen molar-refractivity contribution >= 4 is 21.5 Å². The number of nitrogens with one attached hydrogen (secondary N) is 1. The molecule has 0 aliphatic heterocycles. The molecule has 21 heavy (non-hydrogen) atoms. The Kier molecular flexibility index (Phi) is 4.00. The summed E-state index contributed by atoms with van der Waals surface area (Å²) >= 11 is 0. The van der Waals surface area contributed by atoms with Gasteiger partial charge in [-0.2, -0.15) is 5.26 Å². The molecule has 2 rings (SSSR count). The molecule has 6 nitrogen and oxygen atoms in total. The lowest BCUT2D eigenvalue weighted by Crippen LogP contribution is -2.15. The average molecular weight is 301 g/mol. The molecule has 0 spiro atoms. The SMILES string of the molecule is CC(=O)c1ccc(NS(=O)(=O)c2cccnc2C#N)cc1. The van der Waals surface area contributed by atoms with Crippen molar-refractivity contribution in [3.8, 4) is 6.07 Å². The van der Waals surface area contributed by atoms with Crippen LogP contribution in [0.2, 0.25) is 0 Å². The van der Waals surface area contributed by atoms with Crippen LogP contribution in [0.15, 0.2) is 47.5 Å². The zero-order valence-electron chi connectivity index (χ0n) is 11.1. The van der Waals surface area contributed by atoms with Crippen LogP contribution in [-0.4, -0.2) is 19.2 Å². The van der Waals surface area contributed by atoms with Gasteiger partial charge in [-0.15, -0.1) is 0 Å². The fourth-order valence-corrected chi connectivity index (χ4v) is 2.84. The van der Waals surface area contributed by atoms with Gasteiger partial charge in [0.05, 0.1) is 0 Å². The Hall–Kier alpha value is -2.72. The Labute approximate surface area is 122 Å². The highest BCUT2D eigenvalue weighted by atomic mass is 32.2. The number of ketones is 1.